The lowest BCUT2D eigenvalue weighted by atomic mass is 9.65. The second-order valence-corrected chi connectivity index (χ2v) is 14.7. The van der Waals surface area contributed by atoms with Gasteiger partial charge in [-0.2, -0.15) is 11.8 Å². The van der Waals surface area contributed by atoms with Gasteiger partial charge in [0.05, 0.1) is 13.0 Å². The van der Waals surface area contributed by atoms with Crippen LogP contribution in [0.5, 0.6) is 5.75 Å². The summed E-state index contributed by atoms with van der Waals surface area (Å²) in [5.74, 6) is -0.411. The molecule has 1 saturated carbocycles. The Morgan fingerprint density at radius 1 is 0.957 bits per heavy atom. The van der Waals surface area contributed by atoms with Crippen LogP contribution in [-0.4, -0.2) is 53.1 Å². The van der Waals surface area contributed by atoms with Gasteiger partial charge in [0.25, 0.3) is 0 Å². The molecule has 3 aromatic carbocycles. The smallest absolute Gasteiger partial charge is 0.408 e. The van der Waals surface area contributed by atoms with Crippen LogP contribution < -0.4 is 10.1 Å². The highest BCUT2D eigenvalue weighted by molar-refractivity contribution is 8.01. The molecule has 1 heterocycles. The number of carbonyl (C=O) groups excluding carboxylic acids is 4. The van der Waals surface area contributed by atoms with Gasteiger partial charge in [0.1, 0.15) is 29.8 Å². The number of carbonyl (C=O) groups is 4. The Labute approximate surface area is 284 Å². The van der Waals surface area contributed by atoms with Crippen LogP contribution in [0.15, 0.2) is 101 Å². The molecule has 2 aliphatic rings. The molecular weight excluding hydrogens is 635 g/mol. The predicted octanol–water partition coefficient (Wildman–Crippen LogP) is 6.98. The van der Waals surface area contributed by atoms with Gasteiger partial charge in [-0.1, -0.05) is 60.7 Å². The molecule has 0 radical (unpaired) electrons. The van der Waals surface area contributed by atoms with E-state index < -0.39 is 35.5 Å². The number of thioether (sulfide) groups is 2. The summed E-state index contributed by atoms with van der Waals surface area (Å²) in [4.78, 5) is 55.1. The van der Waals surface area contributed by atoms with Crippen LogP contribution in [-0.2, 0) is 30.5 Å². The minimum Gasteiger partial charge on any atom is -0.497 e. The number of benzene rings is 3. The molecule has 246 valence electrons. The third-order valence-corrected chi connectivity index (χ3v) is 10.6. The summed E-state index contributed by atoms with van der Waals surface area (Å²) in [7, 11) is 1.59. The predicted molar refractivity (Wildman–Crippen MR) is 183 cm³/mol. The summed E-state index contributed by atoms with van der Waals surface area (Å²) in [6.07, 6.45) is -0.778. The zero-order valence-corrected chi connectivity index (χ0v) is 28.5. The lowest BCUT2D eigenvalue weighted by Crippen LogP contribution is -2.55. The molecule has 5 rings (SSSR count). The van der Waals surface area contributed by atoms with Crippen molar-refractivity contribution in [3.8, 4) is 5.75 Å². The van der Waals surface area contributed by atoms with E-state index in [9.17, 15) is 19.2 Å². The molecule has 10 heteroatoms. The minimum atomic E-state index is -0.978. The molecule has 1 aliphatic heterocycles. The van der Waals surface area contributed by atoms with Gasteiger partial charge in [0, 0.05) is 39.6 Å². The Morgan fingerprint density at radius 3 is 2.26 bits per heavy atom. The number of hydrogen-bond acceptors (Lipinski definition) is 9. The highest BCUT2D eigenvalue weighted by Gasteiger charge is 2.56. The van der Waals surface area contributed by atoms with Crippen LogP contribution in [0.3, 0.4) is 0 Å². The van der Waals surface area contributed by atoms with Gasteiger partial charge < -0.3 is 19.5 Å². The first-order valence-electron chi connectivity index (χ1n) is 15.5. The van der Waals surface area contributed by atoms with E-state index in [0.717, 1.165) is 16.0 Å². The van der Waals surface area contributed by atoms with E-state index in [1.807, 2.05) is 48.5 Å². The van der Waals surface area contributed by atoms with Crippen molar-refractivity contribution in [2.24, 2.45) is 11.8 Å². The van der Waals surface area contributed by atoms with Crippen molar-refractivity contribution >= 4 is 47.2 Å². The van der Waals surface area contributed by atoms with E-state index >= 15 is 0 Å². The van der Waals surface area contributed by atoms with Crippen molar-refractivity contribution in [2.75, 3.05) is 18.6 Å². The van der Waals surface area contributed by atoms with Gasteiger partial charge >= 0.3 is 12.1 Å². The SMILES string of the molecule is COc1ccc(COC(=O)C2=C(CSc3ccccc3)CS[C@H]3C2C(=O)[C@H]3CC(=O)C(NC(=O)OC(C)(C)C)c2ccccc2)cc1. The lowest BCUT2D eigenvalue weighted by Gasteiger charge is -2.46. The Hall–Kier alpha value is -4.02. The Kier molecular flexibility index (Phi) is 11.1. The maximum atomic E-state index is 13.8. The number of hydrogen-bond donors (Lipinski definition) is 1. The minimum absolute atomic E-state index is 0.0567. The largest absolute Gasteiger partial charge is 0.497 e. The van der Waals surface area contributed by atoms with Gasteiger partial charge in [-0.05, 0) is 61.7 Å². The van der Waals surface area contributed by atoms with Crippen LogP contribution in [0.2, 0.25) is 0 Å². The summed E-state index contributed by atoms with van der Waals surface area (Å²) < 4.78 is 16.4. The molecule has 0 aromatic heterocycles. The summed E-state index contributed by atoms with van der Waals surface area (Å²) in [5.41, 5.74) is 1.94. The molecule has 8 nitrogen and oxygen atoms in total. The second kappa shape index (κ2) is 15.3. The molecule has 2 unspecified atom stereocenters. The molecule has 4 atom stereocenters. The number of alkyl carbamates (subject to hydrolysis) is 1. The number of rotatable bonds is 12. The molecule has 0 saturated heterocycles. The molecule has 3 aromatic rings. The number of ketones is 2. The quantitative estimate of drug-likeness (QED) is 0.161. The summed E-state index contributed by atoms with van der Waals surface area (Å²) in [5, 5.41) is 2.46. The topological polar surface area (TPSA) is 108 Å². The second-order valence-electron chi connectivity index (χ2n) is 12.5. The number of esters is 1. The first-order chi connectivity index (χ1) is 22.5. The number of fused-ring (bicyclic) bond motifs is 1. The van der Waals surface area contributed by atoms with Gasteiger partial charge in [-0.15, -0.1) is 11.8 Å². The van der Waals surface area contributed by atoms with E-state index in [-0.39, 0.29) is 29.8 Å². The van der Waals surface area contributed by atoms with Crippen molar-refractivity contribution in [1.82, 2.24) is 5.32 Å². The average Bonchev–Trinajstić information content (AvgIpc) is 3.07. The average molecular weight is 674 g/mol. The maximum absolute atomic E-state index is 13.8. The van der Waals surface area contributed by atoms with Crippen LogP contribution in [0.25, 0.3) is 0 Å². The van der Waals surface area contributed by atoms with Crippen molar-refractivity contribution in [1.29, 1.82) is 0 Å². The fraction of sp³-hybridized carbons (Fsp3) is 0.351. The first kappa shape index (κ1) is 34.3. The van der Waals surface area contributed by atoms with Gasteiger partial charge in [0.15, 0.2) is 5.78 Å². The summed E-state index contributed by atoms with van der Waals surface area (Å²) in [6.45, 7) is 5.30. The molecular formula is C37H39NO7S2. The monoisotopic (exact) mass is 673 g/mol. The highest BCUT2D eigenvalue weighted by atomic mass is 32.2. The van der Waals surface area contributed by atoms with Crippen LogP contribution in [0, 0.1) is 11.8 Å². The third kappa shape index (κ3) is 8.67. The molecule has 0 spiro atoms. The van der Waals surface area contributed by atoms with E-state index in [2.05, 4.69) is 5.32 Å². The number of methoxy groups -OCH3 is 1. The lowest BCUT2D eigenvalue weighted by molar-refractivity contribution is -0.145. The number of Topliss-reactive ketones (excluding diaryl/α,β-unsaturated/α-hetero) is 2. The van der Waals surface area contributed by atoms with Crippen molar-refractivity contribution in [3.63, 3.8) is 0 Å². The number of amides is 1. The highest BCUT2D eigenvalue weighted by Crippen LogP contribution is 2.51. The fourth-order valence-electron chi connectivity index (χ4n) is 5.68. The molecule has 1 fully saturated rings. The van der Waals surface area contributed by atoms with Crippen molar-refractivity contribution in [3.05, 3.63) is 107 Å². The summed E-state index contributed by atoms with van der Waals surface area (Å²) >= 11 is 3.21. The number of ether oxygens (including phenoxy) is 3. The maximum Gasteiger partial charge on any atom is 0.408 e. The molecule has 1 aliphatic carbocycles. The first-order valence-corrected chi connectivity index (χ1v) is 17.5. The Bertz CT molecular complexity index is 1620. The van der Waals surface area contributed by atoms with Crippen LogP contribution in [0.1, 0.15) is 44.4 Å². The van der Waals surface area contributed by atoms with Gasteiger partial charge in [0.2, 0.25) is 0 Å². The molecule has 47 heavy (non-hydrogen) atoms. The van der Waals surface area contributed by atoms with E-state index in [4.69, 9.17) is 14.2 Å². The van der Waals surface area contributed by atoms with E-state index in [1.165, 1.54) is 0 Å². The van der Waals surface area contributed by atoms with E-state index in [1.54, 1.807) is 87.8 Å². The molecule has 1 amide bonds. The zero-order chi connectivity index (χ0) is 33.6. The van der Waals surface area contributed by atoms with Gasteiger partial charge in [-0.25, -0.2) is 9.59 Å². The zero-order valence-electron chi connectivity index (χ0n) is 26.9. The standard InChI is InChI=1S/C37H39NO7S2/c1-37(2,3)45-36(42)38-32(24-11-7-5-8-12-24)29(39)19-28-33(40)31-30(35(41)44-20-23-15-17-26(43-4)18-16-23)25(22-47-34(28)31)21-46-27-13-9-6-10-14-27/h5-18,28,31-32,34H,19-22H2,1-4H3,(H,38,42)/t28-,31?,32?,34-/m1/s1. The third-order valence-electron chi connectivity index (χ3n) is 7.98. The Morgan fingerprint density at radius 2 is 1.62 bits per heavy atom. The fourth-order valence-corrected chi connectivity index (χ4v) is 8.33. The molecule has 0 bridgehead atoms. The number of nitrogens with one attached hydrogen (secondary N) is 1. The molecule has 1 N–H and O–H groups in total. The van der Waals surface area contributed by atoms with E-state index in [0.29, 0.717) is 28.4 Å². The van der Waals surface area contributed by atoms with Gasteiger partial charge in [-0.3, -0.25) is 9.59 Å². The normalized spacial score (nSPS) is 19.6. The van der Waals surface area contributed by atoms with Crippen LogP contribution >= 0.6 is 23.5 Å². The summed E-state index contributed by atoms with van der Waals surface area (Å²) in [6, 6.07) is 25.1. The van der Waals surface area contributed by atoms with Crippen molar-refractivity contribution in [2.45, 2.75) is 55.6 Å². The Balaban J connectivity index is 1.33. The van der Waals surface area contributed by atoms with Crippen LogP contribution in [0.4, 0.5) is 4.79 Å². The van der Waals surface area contributed by atoms with Crippen molar-refractivity contribution < 1.29 is 33.4 Å².